The number of allylic oxidation sites excluding steroid dienone is 3. The van der Waals surface area contributed by atoms with E-state index in [1.54, 1.807) is 27.9 Å². The zero-order chi connectivity index (χ0) is 99.4. The molecular formula is C111H233N11O11S. The predicted octanol–water partition coefficient (Wildman–Crippen LogP) is 23.1. The van der Waals surface area contributed by atoms with Crippen molar-refractivity contribution in [2.45, 2.75) is 475 Å². The van der Waals surface area contributed by atoms with E-state index in [1.807, 2.05) is 46.4 Å². The first kappa shape index (κ1) is 138. The van der Waals surface area contributed by atoms with Gasteiger partial charge >= 0.3 is 0 Å². The SMILES string of the molecule is C.C.C.C.C.C=C(C)N1C2CCC1CN(C(C)(C)C)C2.C=C(C)N1C2CCC1CN(C(C)(C)C)C2.C=C(C)N1CCN(C(C)(C)C)CC1.CC(C)(C)COC(C)(C)C.CC(C)(C)N1CC2(COC2)C1.CC(C)(C)N1CCC2(CC1)OCCO2.CC(C)(C)N1CCOCC1.CC(C)(C)OCC(=O)N1CCCCC1.CC(C)(C)OCCN1CCCCC1.CC(C)(C)S(C)(=O)=O.COC(C)(C)C. The number of morpholine rings is 1. The van der Waals surface area contributed by atoms with E-state index < -0.39 is 14.6 Å². The largest absolute Gasteiger partial charge is 0.380 e. The summed E-state index contributed by atoms with van der Waals surface area (Å²) in [5.74, 6) is -0.0819. The fourth-order valence-electron chi connectivity index (χ4n) is 16.9. The minimum absolute atomic E-state index is 0. The van der Waals surface area contributed by atoms with Crippen molar-refractivity contribution >= 4 is 15.7 Å². The number of hydrogen-bond donors (Lipinski definition) is 0. The Hall–Kier alpha value is -2.56. The summed E-state index contributed by atoms with van der Waals surface area (Å²) < 4.78 is 64.2. The fraction of sp³-hybridized carbons (Fsp3) is 0.937. The monoisotopic (exact) mass is 1930 g/mol. The van der Waals surface area contributed by atoms with Gasteiger partial charge in [-0.2, -0.15) is 0 Å². The van der Waals surface area contributed by atoms with Gasteiger partial charge in [0.25, 0.3) is 0 Å². The van der Waals surface area contributed by atoms with Crippen LogP contribution in [0.25, 0.3) is 0 Å². The molecule has 0 radical (unpaired) electrons. The van der Waals surface area contributed by atoms with Gasteiger partial charge in [-0.05, 0) is 326 Å². The first-order valence-electron chi connectivity index (χ1n) is 50.3. The molecule has 4 atom stereocenters. The molecule has 0 saturated carbocycles. The minimum atomic E-state index is -2.84. The molecule has 12 aliphatic rings. The molecule has 2 spiro atoms. The smallest absolute Gasteiger partial charge is 0.248 e. The molecule has 0 N–H and O–H groups in total. The molecule has 12 heterocycles. The van der Waals surface area contributed by atoms with E-state index in [4.69, 9.17) is 37.9 Å². The normalized spacial score (nSPS) is 22.6. The highest BCUT2D eigenvalue weighted by atomic mass is 32.2. The average Bonchev–Trinajstić information content (AvgIpc) is 1.17. The summed E-state index contributed by atoms with van der Waals surface area (Å²) in [7, 11) is -1.13. The summed E-state index contributed by atoms with van der Waals surface area (Å²) in [6, 6.07) is 2.89. The molecule has 1 amide bonds. The second-order valence-corrected chi connectivity index (χ2v) is 53.8. The number of likely N-dealkylation sites (tertiary alicyclic amines) is 6. The molecule has 0 aromatic rings. The van der Waals surface area contributed by atoms with Crippen LogP contribution in [0.4, 0.5) is 0 Å². The van der Waals surface area contributed by atoms with Crippen molar-refractivity contribution in [1.29, 1.82) is 0 Å². The number of piperidine rings is 3. The Morgan fingerprint density at radius 1 is 0.381 bits per heavy atom. The van der Waals surface area contributed by atoms with Crippen LogP contribution in [0.15, 0.2) is 36.8 Å². The molecule has 0 aliphatic carbocycles. The van der Waals surface area contributed by atoms with Crippen LogP contribution in [-0.4, -0.2) is 356 Å². The van der Waals surface area contributed by atoms with Crippen molar-refractivity contribution in [3.8, 4) is 0 Å². The van der Waals surface area contributed by atoms with Crippen molar-refractivity contribution < 1.29 is 51.1 Å². The Morgan fingerprint density at radius 3 is 0.963 bits per heavy atom. The van der Waals surface area contributed by atoms with Crippen molar-refractivity contribution in [1.82, 2.24) is 53.9 Å². The summed E-state index contributed by atoms with van der Waals surface area (Å²) in [6.07, 6.45) is 16.4. The molecule has 0 aromatic heterocycles. The molecule has 804 valence electrons. The zero-order valence-electron chi connectivity index (χ0n) is 92.5. The average molecular weight is 1930 g/mol. The summed E-state index contributed by atoms with van der Waals surface area (Å²) in [4.78, 5) is 38.8. The topological polar surface area (TPSA) is 161 Å². The minimum Gasteiger partial charge on any atom is -0.380 e. The first-order valence-corrected chi connectivity index (χ1v) is 52.2. The number of rotatable bonds is 9. The molecule has 0 aromatic carbocycles. The molecular weight excluding hydrogens is 1700 g/mol. The third kappa shape index (κ3) is 55.3. The third-order valence-corrected chi connectivity index (χ3v) is 28.2. The first-order chi connectivity index (χ1) is 58.4. The molecule has 4 bridgehead atoms. The quantitative estimate of drug-likeness (QED) is 0.214. The standard InChI is InChI=1S/2C13H24N2.C11H22N2.2C11H21NO2.C11H23NO.C9H17NO.C9H20O.C8H17NO.C5H12O2S.C5H12O.5CH4/c2*1-10(2)15-11-6-7-12(15)9-14(8-11)13(3,4)5;1-10(2)12-6-8-13(9-7-12)11(3,4)5;1-10(2,3)12-6-4-11(5-7-12)13-8-9-14-11;1-11(2,3)14-9-10(13)12-7-5-4-6-8-12;1-11(2,3)13-10-9-12-7-5-4-6-8-12;1-8(2,3)10-4-9(5-10)6-11-7-9;1-8(2,3)7-10-9(4,5)6;1-8(2,3)9-4-6-10-7-5-9;1-5(2,3)8(4,6)7;1-5(2,3)6-4;;;;;/h2*11-12H,1,6-9H2,2-5H3;1,6-9H2,2-5H3;2*4-9H2,1-3H3;4-10H2,1-3H3;4-7H2,1-3H3;7H2,1-6H3;4-7H2,1-3H3;1-4H3;1-4H3;5*1H4. The van der Waals surface area contributed by atoms with E-state index >= 15 is 0 Å². The number of fused-ring (bicyclic) bond motifs is 4. The van der Waals surface area contributed by atoms with Gasteiger partial charge in [0.2, 0.25) is 5.91 Å². The number of carbonyl (C=O) groups is 1. The Bertz CT molecular complexity index is 3150. The molecule has 12 aliphatic heterocycles. The van der Waals surface area contributed by atoms with E-state index in [0.717, 1.165) is 175 Å². The number of hydrogen-bond acceptors (Lipinski definition) is 21. The molecule has 12 saturated heterocycles. The maximum atomic E-state index is 11.6. The number of amides is 1. The zero-order valence-corrected chi connectivity index (χ0v) is 93.3. The van der Waals surface area contributed by atoms with Crippen molar-refractivity contribution in [3.05, 3.63) is 36.8 Å². The molecule has 12 rings (SSSR count). The van der Waals surface area contributed by atoms with Gasteiger partial charge in [-0.1, -0.05) is 84.1 Å². The van der Waals surface area contributed by atoms with Crippen LogP contribution < -0.4 is 0 Å². The van der Waals surface area contributed by atoms with Gasteiger partial charge in [0.15, 0.2) is 15.6 Å². The second-order valence-electron chi connectivity index (χ2n) is 51.0. The molecule has 12 fully saturated rings. The van der Waals surface area contributed by atoms with Crippen LogP contribution in [0.2, 0.25) is 0 Å². The van der Waals surface area contributed by atoms with Gasteiger partial charge in [-0.3, -0.25) is 34.2 Å². The molecule has 23 heteroatoms. The third-order valence-electron chi connectivity index (χ3n) is 26.0. The molecule has 22 nitrogen and oxygen atoms in total. The van der Waals surface area contributed by atoms with Gasteiger partial charge in [-0.25, -0.2) is 8.42 Å². The van der Waals surface area contributed by atoms with E-state index in [9.17, 15) is 13.2 Å². The lowest BCUT2D eigenvalue weighted by molar-refractivity contribution is -0.207. The summed E-state index contributed by atoms with van der Waals surface area (Å²) in [5.41, 5.74) is 6.37. The highest BCUT2D eigenvalue weighted by Crippen LogP contribution is 2.42. The maximum absolute atomic E-state index is 11.6. The lowest BCUT2D eigenvalue weighted by Gasteiger charge is -2.59. The van der Waals surface area contributed by atoms with Crippen LogP contribution in [-0.2, 0) is 52.5 Å². The Balaban J connectivity index is -0.000000696. The number of sulfone groups is 1. The van der Waals surface area contributed by atoms with E-state index in [1.165, 1.54) is 127 Å². The van der Waals surface area contributed by atoms with Crippen LogP contribution in [0.1, 0.15) is 384 Å². The van der Waals surface area contributed by atoms with Gasteiger partial charge < -0.3 is 62.4 Å². The maximum Gasteiger partial charge on any atom is 0.248 e. The lowest BCUT2D eigenvalue weighted by Crippen LogP contribution is -2.69. The fourth-order valence-corrected chi connectivity index (χ4v) is 16.9. The molecule has 134 heavy (non-hydrogen) atoms. The van der Waals surface area contributed by atoms with E-state index in [-0.39, 0.29) is 88.8 Å². The number of methoxy groups -OCH3 is 1. The van der Waals surface area contributed by atoms with Gasteiger partial charge in [0.1, 0.15) is 6.61 Å². The Kier molecular flexibility index (Phi) is 60.6. The highest BCUT2D eigenvalue weighted by molar-refractivity contribution is 7.92. The van der Waals surface area contributed by atoms with E-state index in [0.29, 0.717) is 33.1 Å². The number of carbonyl (C=O) groups excluding carboxylic acids is 1. The molecule has 4 unspecified atom stereocenters. The predicted molar refractivity (Wildman–Crippen MR) is 582 cm³/mol. The van der Waals surface area contributed by atoms with Crippen LogP contribution in [0.3, 0.4) is 0 Å². The van der Waals surface area contributed by atoms with Crippen molar-refractivity contribution in [2.75, 3.05) is 197 Å². The van der Waals surface area contributed by atoms with Crippen LogP contribution in [0, 0.1) is 10.8 Å². The van der Waals surface area contributed by atoms with Crippen LogP contribution in [0.5, 0.6) is 0 Å². The summed E-state index contributed by atoms with van der Waals surface area (Å²) in [5, 5.41) is 0. The summed E-state index contributed by atoms with van der Waals surface area (Å²) in [6.45, 7) is 125. The second kappa shape index (κ2) is 59.0. The Labute approximate surface area is 835 Å². The number of nitrogens with zero attached hydrogens (tertiary/aromatic N) is 11. The van der Waals surface area contributed by atoms with Gasteiger partial charge in [0.05, 0.1) is 80.0 Å². The highest BCUT2D eigenvalue weighted by Gasteiger charge is 2.52. The van der Waals surface area contributed by atoms with Crippen molar-refractivity contribution in [2.24, 2.45) is 10.8 Å². The van der Waals surface area contributed by atoms with Crippen molar-refractivity contribution in [3.63, 3.8) is 0 Å². The number of piperazine rings is 3. The van der Waals surface area contributed by atoms with Gasteiger partial charge in [0, 0.05) is 217 Å². The lowest BCUT2D eigenvalue weighted by atomic mass is 9.75. The summed E-state index contributed by atoms with van der Waals surface area (Å²) >= 11 is 0. The van der Waals surface area contributed by atoms with Crippen LogP contribution >= 0.6 is 0 Å². The Morgan fingerprint density at radius 2 is 0.701 bits per heavy atom. The van der Waals surface area contributed by atoms with Gasteiger partial charge in [-0.15, -0.1) is 0 Å². The van der Waals surface area contributed by atoms with E-state index in [2.05, 4.69) is 276 Å². The number of ether oxygens (including phenoxy) is 8.